The van der Waals surface area contributed by atoms with Crippen LogP contribution in [0.2, 0.25) is 5.02 Å². The summed E-state index contributed by atoms with van der Waals surface area (Å²) < 4.78 is 0. The van der Waals surface area contributed by atoms with Crippen LogP contribution in [0.5, 0.6) is 0 Å². The number of hydrogen-bond donors (Lipinski definition) is 0. The maximum atomic E-state index is 11.4. The summed E-state index contributed by atoms with van der Waals surface area (Å²) in [6, 6.07) is 8.61. The molecule has 0 amide bonds. The Morgan fingerprint density at radius 2 is 2.00 bits per heavy atom. The maximum Gasteiger partial charge on any atom is 0.304 e. The van der Waals surface area contributed by atoms with Gasteiger partial charge in [0.25, 0.3) is 0 Å². The lowest BCUT2D eigenvalue weighted by molar-refractivity contribution is -0.383. The van der Waals surface area contributed by atoms with Crippen LogP contribution in [0.3, 0.4) is 0 Å². The Kier molecular flexibility index (Phi) is 4.59. The minimum atomic E-state index is -0.462. The number of carbonyl (C=O) groups excluding carboxylic acids is 1. The van der Waals surface area contributed by atoms with Gasteiger partial charge in [-0.3, -0.25) is 14.9 Å². The van der Waals surface area contributed by atoms with E-state index in [1.165, 1.54) is 13.0 Å². The number of Topliss-reactive ketones (excluding diaryl/α,β-unsaturated/α-hetero) is 1. The summed E-state index contributed by atoms with van der Waals surface area (Å²) in [6.07, 6.45) is 0. The van der Waals surface area contributed by atoms with Gasteiger partial charge in [-0.2, -0.15) is 0 Å². The number of hydrogen-bond acceptors (Lipinski definition) is 5. The summed E-state index contributed by atoms with van der Waals surface area (Å²) in [5.41, 5.74) is 0.940. The van der Waals surface area contributed by atoms with Crippen molar-refractivity contribution in [1.82, 2.24) is 0 Å². The first-order chi connectivity index (χ1) is 9.88. The number of carbonyl (C=O) groups is 1. The van der Waals surface area contributed by atoms with Crippen molar-refractivity contribution >= 4 is 39.4 Å². The van der Waals surface area contributed by atoms with E-state index in [0.29, 0.717) is 21.4 Å². The van der Waals surface area contributed by atoms with Crippen molar-refractivity contribution in [3.05, 3.63) is 55.9 Å². The first-order valence-electron chi connectivity index (χ1n) is 6.13. The van der Waals surface area contributed by atoms with Gasteiger partial charge in [-0.25, -0.2) is 0 Å². The number of rotatable bonds is 5. The van der Waals surface area contributed by atoms with Gasteiger partial charge >= 0.3 is 5.69 Å². The van der Waals surface area contributed by atoms with Crippen LogP contribution in [0.25, 0.3) is 0 Å². The minimum absolute atomic E-state index is 0.0401. The average Bonchev–Trinajstić information content (AvgIpc) is 2.87. The van der Waals surface area contributed by atoms with Crippen molar-refractivity contribution in [1.29, 1.82) is 0 Å². The fourth-order valence-corrected chi connectivity index (χ4v) is 2.99. The molecular weight excluding hydrogens is 312 g/mol. The van der Waals surface area contributed by atoms with Crippen LogP contribution >= 0.6 is 22.9 Å². The lowest BCUT2D eigenvalue weighted by Crippen LogP contribution is -2.16. The minimum Gasteiger partial charge on any atom is -0.357 e. The molecule has 1 aromatic heterocycles. The second-order valence-electron chi connectivity index (χ2n) is 4.60. The monoisotopic (exact) mass is 324 g/mol. The summed E-state index contributed by atoms with van der Waals surface area (Å²) in [5.74, 6) is -0.172. The standard InChI is InChI=1S/C14H13ClN2O3S/c1-9(18)13-7-12(17(19)20)14(21-13)16(2)8-10-3-5-11(15)6-4-10/h3-7H,8H2,1-2H3. The fraction of sp³-hybridized carbons (Fsp3) is 0.214. The Morgan fingerprint density at radius 1 is 1.38 bits per heavy atom. The zero-order chi connectivity index (χ0) is 15.6. The van der Waals surface area contributed by atoms with Gasteiger partial charge in [-0.05, 0) is 24.6 Å². The smallest absolute Gasteiger partial charge is 0.304 e. The molecule has 0 unspecified atom stereocenters. The van der Waals surface area contributed by atoms with Crippen molar-refractivity contribution in [3.63, 3.8) is 0 Å². The van der Waals surface area contributed by atoms with E-state index in [4.69, 9.17) is 11.6 Å². The maximum absolute atomic E-state index is 11.4. The molecule has 0 atom stereocenters. The van der Waals surface area contributed by atoms with E-state index in [1.807, 2.05) is 12.1 Å². The van der Waals surface area contributed by atoms with Crippen LogP contribution in [-0.2, 0) is 6.54 Å². The SMILES string of the molecule is CC(=O)c1cc([N+](=O)[O-])c(N(C)Cc2ccc(Cl)cc2)s1. The number of thiophene rings is 1. The van der Waals surface area contributed by atoms with Crippen LogP contribution in [-0.4, -0.2) is 17.8 Å². The molecule has 110 valence electrons. The molecule has 2 aromatic rings. The highest BCUT2D eigenvalue weighted by Gasteiger charge is 2.23. The predicted molar refractivity (Wildman–Crippen MR) is 84.5 cm³/mol. The third kappa shape index (κ3) is 3.59. The summed E-state index contributed by atoms with van der Waals surface area (Å²) in [7, 11) is 1.76. The Balaban J connectivity index is 2.29. The molecule has 0 saturated heterocycles. The normalized spacial score (nSPS) is 10.4. The molecule has 0 aliphatic carbocycles. The number of ketones is 1. The number of halogens is 1. The Bertz CT molecular complexity index is 682. The van der Waals surface area contributed by atoms with Crippen molar-refractivity contribution < 1.29 is 9.72 Å². The highest BCUT2D eigenvalue weighted by Crippen LogP contribution is 2.37. The van der Waals surface area contributed by atoms with Crippen LogP contribution in [0.1, 0.15) is 22.2 Å². The van der Waals surface area contributed by atoms with Gasteiger partial charge in [0.15, 0.2) is 10.8 Å². The third-order valence-corrected chi connectivity index (χ3v) is 4.51. The first-order valence-corrected chi connectivity index (χ1v) is 7.32. The number of anilines is 1. The second kappa shape index (κ2) is 6.24. The molecule has 0 spiro atoms. The lowest BCUT2D eigenvalue weighted by atomic mass is 10.2. The predicted octanol–water partition coefficient (Wildman–Crippen LogP) is 4.15. The Morgan fingerprint density at radius 3 is 2.52 bits per heavy atom. The molecule has 0 saturated carbocycles. The zero-order valence-electron chi connectivity index (χ0n) is 11.5. The van der Waals surface area contributed by atoms with Gasteiger partial charge in [-0.15, -0.1) is 11.3 Å². The number of nitro groups is 1. The Hall–Kier alpha value is -1.92. The van der Waals surface area contributed by atoms with E-state index >= 15 is 0 Å². The largest absolute Gasteiger partial charge is 0.357 e. The fourth-order valence-electron chi connectivity index (χ4n) is 1.89. The molecular formula is C14H13ClN2O3S. The van der Waals surface area contributed by atoms with Crippen LogP contribution < -0.4 is 4.90 Å². The quantitative estimate of drug-likeness (QED) is 0.471. The molecule has 21 heavy (non-hydrogen) atoms. The van der Waals surface area contributed by atoms with E-state index < -0.39 is 4.92 Å². The van der Waals surface area contributed by atoms with Gasteiger partial charge in [-0.1, -0.05) is 23.7 Å². The highest BCUT2D eigenvalue weighted by atomic mass is 35.5. The van der Waals surface area contributed by atoms with E-state index in [1.54, 1.807) is 24.1 Å². The van der Waals surface area contributed by atoms with Gasteiger partial charge in [0.2, 0.25) is 0 Å². The zero-order valence-corrected chi connectivity index (χ0v) is 13.1. The van der Waals surface area contributed by atoms with E-state index in [-0.39, 0.29) is 11.5 Å². The molecule has 0 N–H and O–H groups in total. The Labute approximate surface area is 130 Å². The van der Waals surface area contributed by atoms with Gasteiger partial charge in [0.05, 0.1) is 9.80 Å². The molecule has 1 heterocycles. The van der Waals surface area contributed by atoms with Crippen molar-refractivity contribution in [3.8, 4) is 0 Å². The lowest BCUT2D eigenvalue weighted by Gasteiger charge is -2.16. The summed E-state index contributed by atoms with van der Waals surface area (Å²) in [4.78, 5) is 24.2. The summed E-state index contributed by atoms with van der Waals surface area (Å²) in [5, 5.41) is 12.2. The average molecular weight is 325 g/mol. The van der Waals surface area contributed by atoms with Crippen molar-refractivity contribution in [2.45, 2.75) is 13.5 Å². The topological polar surface area (TPSA) is 63.4 Å². The summed E-state index contributed by atoms with van der Waals surface area (Å²) in [6.45, 7) is 1.90. The van der Waals surface area contributed by atoms with E-state index in [2.05, 4.69) is 0 Å². The van der Waals surface area contributed by atoms with Crippen LogP contribution in [0, 0.1) is 10.1 Å². The van der Waals surface area contributed by atoms with Crippen molar-refractivity contribution in [2.75, 3.05) is 11.9 Å². The highest BCUT2D eigenvalue weighted by molar-refractivity contribution is 7.18. The van der Waals surface area contributed by atoms with Crippen LogP contribution in [0.15, 0.2) is 30.3 Å². The van der Waals surface area contributed by atoms with E-state index in [0.717, 1.165) is 16.9 Å². The van der Waals surface area contributed by atoms with E-state index in [9.17, 15) is 14.9 Å². The molecule has 2 rings (SSSR count). The molecule has 0 radical (unpaired) electrons. The molecule has 0 aliphatic heterocycles. The molecule has 5 nitrogen and oxygen atoms in total. The first kappa shape index (κ1) is 15.5. The number of nitrogens with zero attached hydrogens (tertiary/aromatic N) is 2. The van der Waals surface area contributed by atoms with Gasteiger partial charge in [0.1, 0.15) is 0 Å². The number of benzene rings is 1. The van der Waals surface area contributed by atoms with Gasteiger partial charge < -0.3 is 4.90 Å². The van der Waals surface area contributed by atoms with Gasteiger partial charge in [0, 0.05) is 24.7 Å². The molecule has 0 bridgehead atoms. The van der Waals surface area contributed by atoms with Crippen LogP contribution in [0.4, 0.5) is 10.7 Å². The second-order valence-corrected chi connectivity index (χ2v) is 6.06. The summed E-state index contributed by atoms with van der Waals surface area (Å²) >= 11 is 6.97. The molecule has 0 aliphatic rings. The molecule has 0 fully saturated rings. The third-order valence-electron chi connectivity index (χ3n) is 2.92. The molecule has 1 aromatic carbocycles. The molecule has 7 heteroatoms. The van der Waals surface area contributed by atoms with Crippen molar-refractivity contribution in [2.24, 2.45) is 0 Å².